The van der Waals surface area contributed by atoms with Gasteiger partial charge in [-0.15, -0.1) is 10.2 Å². The molecule has 130 valence electrons. The van der Waals surface area contributed by atoms with Crippen LogP contribution in [0.25, 0.3) is 17.3 Å². The summed E-state index contributed by atoms with van der Waals surface area (Å²) >= 11 is 1.69. The van der Waals surface area contributed by atoms with E-state index in [1.807, 2.05) is 12.1 Å². The Labute approximate surface area is 151 Å². The highest BCUT2D eigenvalue weighted by molar-refractivity contribution is 7.99. The van der Waals surface area contributed by atoms with Crippen LogP contribution in [0.3, 0.4) is 0 Å². The lowest BCUT2D eigenvalue weighted by molar-refractivity contribution is 0.0315. The van der Waals surface area contributed by atoms with Crippen molar-refractivity contribution in [3.05, 3.63) is 48.2 Å². The van der Waals surface area contributed by atoms with E-state index in [4.69, 9.17) is 9.15 Å². The summed E-state index contributed by atoms with van der Waals surface area (Å²) in [5, 5.41) is 9.66. The number of hydrogen-bond donors (Lipinski definition) is 0. The first-order valence-corrected chi connectivity index (χ1v) is 9.60. The first-order valence-electron chi connectivity index (χ1n) is 8.62. The number of aromatic nitrogens is 3. The van der Waals surface area contributed by atoms with Gasteiger partial charge in [0.1, 0.15) is 0 Å². The van der Waals surface area contributed by atoms with Gasteiger partial charge in [-0.1, -0.05) is 29.5 Å². The minimum Gasteiger partial charge on any atom is -0.461 e. The van der Waals surface area contributed by atoms with Crippen LogP contribution in [0.1, 0.15) is 24.8 Å². The van der Waals surface area contributed by atoms with E-state index in [9.17, 15) is 0 Å². The molecule has 0 aliphatic carbocycles. The predicted octanol–water partition coefficient (Wildman–Crippen LogP) is 4.50. The molecule has 0 unspecified atom stereocenters. The van der Waals surface area contributed by atoms with E-state index in [1.54, 1.807) is 18.0 Å². The van der Waals surface area contributed by atoms with E-state index >= 15 is 0 Å². The van der Waals surface area contributed by atoms with Crippen molar-refractivity contribution in [1.29, 1.82) is 0 Å². The minimum atomic E-state index is 0.300. The molecule has 0 N–H and O–H groups in total. The van der Waals surface area contributed by atoms with Crippen molar-refractivity contribution in [2.75, 3.05) is 12.4 Å². The highest BCUT2D eigenvalue weighted by atomic mass is 32.2. The Kier molecular flexibility index (Phi) is 4.90. The van der Waals surface area contributed by atoms with E-state index in [2.05, 4.69) is 46.0 Å². The highest BCUT2D eigenvalue weighted by Gasteiger charge is 2.20. The molecule has 1 saturated heterocycles. The van der Waals surface area contributed by atoms with Crippen LogP contribution in [0.4, 0.5) is 0 Å². The number of thioether (sulfide) groups is 1. The number of aryl methyl sites for hydroxylation is 1. The average Bonchev–Trinajstić information content (AvgIpc) is 3.31. The van der Waals surface area contributed by atoms with Gasteiger partial charge < -0.3 is 9.15 Å². The lowest BCUT2D eigenvalue weighted by atomic mass is 10.1. The first-order chi connectivity index (χ1) is 12.3. The van der Waals surface area contributed by atoms with Crippen molar-refractivity contribution >= 4 is 11.8 Å². The van der Waals surface area contributed by atoms with E-state index in [0.29, 0.717) is 11.9 Å². The van der Waals surface area contributed by atoms with Gasteiger partial charge in [0.25, 0.3) is 0 Å². The number of furan rings is 1. The molecule has 1 aliphatic rings. The topological polar surface area (TPSA) is 53.1 Å². The third-order valence-electron chi connectivity index (χ3n) is 4.34. The van der Waals surface area contributed by atoms with E-state index in [1.165, 1.54) is 18.4 Å². The van der Waals surface area contributed by atoms with Gasteiger partial charge in [0.2, 0.25) is 5.82 Å². The van der Waals surface area contributed by atoms with Crippen LogP contribution in [0.15, 0.2) is 52.2 Å². The van der Waals surface area contributed by atoms with Gasteiger partial charge in [-0.25, -0.2) is 0 Å². The van der Waals surface area contributed by atoms with E-state index in [0.717, 1.165) is 35.4 Å². The number of nitrogens with zero attached hydrogens (tertiary/aromatic N) is 3. The van der Waals surface area contributed by atoms with Gasteiger partial charge in [0.05, 0.1) is 12.4 Å². The van der Waals surface area contributed by atoms with Gasteiger partial charge in [-0.05, 0) is 50.5 Å². The quantitative estimate of drug-likeness (QED) is 0.631. The fourth-order valence-corrected chi connectivity index (χ4v) is 3.98. The van der Waals surface area contributed by atoms with Crippen LogP contribution in [-0.2, 0) is 4.74 Å². The maximum absolute atomic E-state index is 5.84. The lowest BCUT2D eigenvalue weighted by Crippen LogP contribution is -2.21. The standard InChI is InChI=1S/C19H21N3O2S/c1-14-7-9-15(10-8-14)22-18(17-6-4-12-24-17)20-21-19(22)25-13-16-5-2-3-11-23-16/h4,6-10,12,16H,2-3,5,11,13H2,1H3/t16-/m0/s1. The molecule has 6 heteroatoms. The van der Waals surface area contributed by atoms with E-state index < -0.39 is 0 Å². The third-order valence-corrected chi connectivity index (χ3v) is 5.40. The number of ether oxygens (including phenoxy) is 1. The van der Waals surface area contributed by atoms with E-state index in [-0.39, 0.29) is 0 Å². The van der Waals surface area contributed by atoms with Crippen molar-refractivity contribution < 1.29 is 9.15 Å². The van der Waals surface area contributed by atoms with Crippen molar-refractivity contribution in [3.8, 4) is 17.3 Å². The zero-order valence-corrected chi connectivity index (χ0v) is 15.0. The summed E-state index contributed by atoms with van der Waals surface area (Å²) in [6.07, 6.45) is 5.49. The Morgan fingerprint density at radius 2 is 2.04 bits per heavy atom. The molecule has 1 aromatic carbocycles. The Balaban J connectivity index is 1.65. The second-order valence-corrected chi connectivity index (χ2v) is 7.24. The second-order valence-electron chi connectivity index (χ2n) is 6.25. The molecule has 1 aliphatic heterocycles. The summed E-state index contributed by atoms with van der Waals surface area (Å²) in [7, 11) is 0. The van der Waals surface area contributed by atoms with Crippen molar-refractivity contribution in [2.24, 2.45) is 0 Å². The Bertz CT molecular complexity index is 806. The summed E-state index contributed by atoms with van der Waals surface area (Å²) < 4.78 is 13.5. The summed E-state index contributed by atoms with van der Waals surface area (Å²) in [5.74, 6) is 2.33. The Morgan fingerprint density at radius 1 is 1.16 bits per heavy atom. The molecule has 3 aromatic rings. The molecule has 0 bridgehead atoms. The maximum atomic E-state index is 5.84. The zero-order chi connectivity index (χ0) is 17.1. The fraction of sp³-hybridized carbons (Fsp3) is 0.368. The lowest BCUT2D eigenvalue weighted by Gasteiger charge is -2.21. The van der Waals surface area contributed by atoms with Gasteiger partial charge >= 0.3 is 0 Å². The van der Waals surface area contributed by atoms with Crippen LogP contribution in [0, 0.1) is 6.92 Å². The summed E-state index contributed by atoms with van der Waals surface area (Å²) in [5.41, 5.74) is 2.26. The van der Waals surface area contributed by atoms with Gasteiger partial charge in [0.15, 0.2) is 10.9 Å². The second kappa shape index (κ2) is 7.45. The predicted molar refractivity (Wildman–Crippen MR) is 98.1 cm³/mol. The van der Waals surface area contributed by atoms with Crippen molar-refractivity contribution in [2.45, 2.75) is 37.4 Å². The van der Waals surface area contributed by atoms with Gasteiger partial charge in [-0.3, -0.25) is 4.57 Å². The third kappa shape index (κ3) is 3.65. The number of hydrogen-bond acceptors (Lipinski definition) is 5. The highest BCUT2D eigenvalue weighted by Crippen LogP contribution is 2.30. The molecular formula is C19H21N3O2S. The first kappa shape index (κ1) is 16.4. The number of rotatable bonds is 5. The monoisotopic (exact) mass is 355 g/mol. The SMILES string of the molecule is Cc1ccc(-n2c(SC[C@@H]3CCCCO3)nnc2-c2ccco2)cc1. The molecule has 0 saturated carbocycles. The Morgan fingerprint density at radius 3 is 2.76 bits per heavy atom. The molecule has 3 heterocycles. The molecule has 0 spiro atoms. The zero-order valence-electron chi connectivity index (χ0n) is 14.2. The van der Waals surface area contributed by atoms with Crippen LogP contribution in [0.2, 0.25) is 0 Å². The van der Waals surface area contributed by atoms with Crippen molar-refractivity contribution in [1.82, 2.24) is 14.8 Å². The summed E-state index contributed by atoms with van der Waals surface area (Å²) in [4.78, 5) is 0. The molecular weight excluding hydrogens is 334 g/mol. The molecule has 5 nitrogen and oxygen atoms in total. The summed E-state index contributed by atoms with van der Waals surface area (Å²) in [6.45, 7) is 2.95. The van der Waals surface area contributed by atoms with Crippen LogP contribution < -0.4 is 0 Å². The molecule has 4 rings (SSSR count). The smallest absolute Gasteiger partial charge is 0.205 e. The van der Waals surface area contributed by atoms with Gasteiger partial charge in [0, 0.05) is 18.0 Å². The molecule has 1 fully saturated rings. The maximum Gasteiger partial charge on any atom is 0.205 e. The molecule has 0 radical (unpaired) electrons. The molecule has 25 heavy (non-hydrogen) atoms. The fourth-order valence-electron chi connectivity index (χ4n) is 2.96. The van der Waals surface area contributed by atoms with Gasteiger partial charge in [-0.2, -0.15) is 0 Å². The van der Waals surface area contributed by atoms with Crippen LogP contribution in [0.5, 0.6) is 0 Å². The molecule has 2 aromatic heterocycles. The Hall–Kier alpha value is -2.05. The van der Waals surface area contributed by atoms with Crippen LogP contribution >= 0.6 is 11.8 Å². The van der Waals surface area contributed by atoms with Crippen LogP contribution in [-0.4, -0.2) is 33.2 Å². The number of benzene rings is 1. The largest absolute Gasteiger partial charge is 0.461 e. The average molecular weight is 355 g/mol. The molecule has 1 atom stereocenters. The normalized spacial score (nSPS) is 17.7. The minimum absolute atomic E-state index is 0.300. The van der Waals surface area contributed by atoms with Crippen molar-refractivity contribution in [3.63, 3.8) is 0 Å². The molecule has 0 amide bonds. The summed E-state index contributed by atoms with van der Waals surface area (Å²) in [6, 6.07) is 12.2.